The molecular weight excluding hydrogens is 213 g/mol. The van der Waals surface area contributed by atoms with Gasteiger partial charge in [0.05, 0.1) is 11.2 Å². The van der Waals surface area contributed by atoms with Crippen LogP contribution in [0.5, 0.6) is 0 Å². The number of aromatic nitrogens is 1. The predicted octanol–water partition coefficient (Wildman–Crippen LogP) is 2.20. The van der Waals surface area contributed by atoms with Gasteiger partial charge in [-0.25, -0.2) is 0 Å². The lowest BCUT2D eigenvalue weighted by atomic mass is 9.81. The van der Waals surface area contributed by atoms with Gasteiger partial charge in [0.15, 0.2) is 0 Å². The highest BCUT2D eigenvalue weighted by atomic mass is 16.7. The molecule has 0 N–H and O–H groups in total. The van der Waals surface area contributed by atoms with Crippen molar-refractivity contribution in [2.45, 2.75) is 58.8 Å². The van der Waals surface area contributed by atoms with Gasteiger partial charge in [0.1, 0.15) is 0 Å². The van der Waals surface area contributed by atoms with Gasteiger partial charge in [0, 0.05) is 24.4 Å². The van der Waals surface area contributed by atoms with E-state index in [4.69, 9.17) is 9.31 Å². The second kappa shape index (κ2) is 4.18. The Balaban J connectivity index is 2.14. The molecule has 1 fully saturated rings. The molecule has 1 saturated heterocycles. The molecule has 0 radical (unpaired) electrons. The van der Waals surface area contributed by atoms with Crippen molar-refractivity contribution in [3.63, 3.8) is 0 Å². The average molecular weight is 235 g/mol. The van der Waals surface area contributed by atoms with Crippen molar-refractivity contribution in [3.05, 3.63) is 18.5 Å². The van der Waals surface area contributed by atoms with Gasteiger partial charge in [-0.05, 0) is 40.2 Å². The number of rotatable bonds is 3. The predicted molar refractivity (Wildman–Crippen MR) is 70.4 cm³/mol. The van der Waals surface area contributed by atoms with Crippen LogP contribution in [0.3, 0.4) is 0 Å². The Morgan fingerprint density at radius 1 is 1.18 bits per heavy atom. The molecule has 1 aromatic heterocycles. The summed E-state index contributed by atoms with van der Waals surface area (Å²) in [7, 11) is -0.238. The maximum atomic E-state index is 6.01. The second-order valence-corrected chi connectivity index (χ2v) is 5.77. The lowest BCUT2D eigenvalue weighted by Gasteiger charge is -2.32. The van der Waals surface area contributed by atoms with E-state index >= 15 is 0 Å². The highest BCUT2D eigenvalue weighted by molar-refractivity contribution is 6.62. The Bertz CT molecular complexity index is 382. The molecule has 3 nitrogen and oxygen atoms in total. The van der Waals surface area contributed by atoms with Crippen LogP contribution in [0, 0.1) is 0 Å². The van der Waals surface area contributed by atoms with Gasteiger partial charge >= 0.3 is 7.12 Å². The van der Waals surface area contributed by atoms with E-state index in [1.165, 1.54) is 0 Å². The van der Waals surface area contributed by atoms with Crippen LogP contribution in [0.4, 0.5) is 0 Å². The summed E-state index contributed by atoms with van der Waals surface area (Å²) >= 11 is 0. The third kappa shape index (κ3) is 2.29. The zero-order valence-electron chi connectivity index (χ0n) is 11.5. The van der Waals surface area contributed by atoms with Crippen molar-refractivity contribution in [1.82, 2.24) is 4.57 Å². The quantitative estimate of drug-likeness (QED) is 0.750. The number of aryl methyl sites for hydroxylation is 1. The first-order chi connectivity index (χ1) is 7.86. The minimum absolute atomic E-state index is 0.238. The van der Waals surface area contributed by atoms with E-state index in [9.17, 15) is 0 Å². The molecule has 0 saturated carbocycles. The van der Waals surface area contributed by atoms with Crippen molar-refractivity contribution in [2.75, 3.05) is 0 Å². The smallest absolute Gasteiger partial charge is 0.399 e. The maximum absolute atomic E-state index is 6.01. The van der Waals surface area contributed by atoms with Crippen LogP contribution in [-0.2, 0) is 15.9 Å². The summed E-state index contributed by atoms with van der Waals surface area (Å²) in [4.78, 5) is 0. The van der Waals surface area contributed by atoms with E-state index in [0.29, 0.717) is 0 Å². The van der Waals surface area contributed by atoms with Gasteiger partial charge < -0.3 is 13.9 Å². The number of hydrogen-bond donors (Lipinski definition) is 0. The highest BCUT2D eigenvalue weighted by Gasteiger charge is 2.51. The summed E-state index contributed by atoms with van der Waals surface area (Å²) in [5.74, 6) is 0. The fraction of sp³-hybridized carbons (Fsp3) is 0.692. The highest BCUT2D eigenvalue weighted by Crippen LogP contribution is 2.36. The van der Waals surface area contributed by atoms with Gasteiger partial charge in [0.2, 0.25) is 0 Å². The van der Waals surface area contributed by atoms with Gasteiger partial charge in [0.25, 0.3) is 0 Å². The number of nitrogens with zero attached hydrogens (tertiary/aromatic N) is 1. The van der Waals surface area contributed by atoms with Gasteiger partial charge in [-0.15, -0.1) is 0 Å². The first-order valence-electron chi connectivity index (χ1n) is 6.37. The lowest BCUT2D eigenvalue weighted by Crippen LogP contribution is -2.41. The van der Waals surface area contributed by atoms with Gasteiger partial charge in [-0.2, -0.15) is 0 Å². The van der Waals surface area contributed by atoms with E-state index in [0.717, 1.165) is 18.4 Å². The maximum Gasteiger partial charge on any atom is 0.496 e. The number of hydrogen-bond acceptors (Lipinski definition) is 2. The third-order valence-corrected chi connectivity index (χ3v) is 3.78. The summed E-state index contributed by atoms with van der Waals surface area (Å²) in [6.45, 7) is 11.5. The molecule has 2 rings (SSSR count). The molecule has 0 amide bonds. The molecule has 0 bridgehead atoms. The topological polar surface area (TPSA) is 23.4 Å². The van der Waals surface area contributed by atoms with Crippen molar-refractivity contribution >= 4 is 12.6 Å². The Kier molecular flexibility index (Phi) is 3.13. The molecule has 1 aromatic rings. The molecule has 0 aromatic carbocycles. The molecule has 94 valence electrons. The standard InChI is InChI=1S/C13H22BNO2/c1-6-8-15-9-7-11(10-15)14-16-12(2,3)13(4,5)17-14/h7,9-10H,6,8H2,1-5H3. The first kappa shape index (κ1) is 12.7. The van der Waals surface area contributed by atoms with Crippen LogP contribution in [0.2, 0.25) is 0 Å². The average Bonchev–Trinajstić information content (AvgIpc) is 2.71. The monoisotopic (exact) mass is 235 g/mol. The fourth-order valence-electron chi connectivity index (χ4n) is 1.98. The lowest BCUT2D eigenvalue weighted by molar-refractivity contribution is 0.00578. The van der Waals surface area contributed by atoms with Crippen LogP contribution in [-0.4, -0.2) is 22.9 Å². The van der Waals surface area contributed by atoms with E-state index in [-0.39, 0.29) is 18.3 Å². The molecular formula is C13H22BNO2. The van der Waals surface area contributed by atoms with Crippen molar-refractivity contribution < 1.29 is 9.31 Å². The summed E-state index contributed by atoms with van der Waals surface area (Å²) in [6, 6.07) is 2.08. The molecule has 0 spiro atoms. The van der Waals surface area contributed by atoms with E-state index in [2.05, 4.69) is 57.6 Å². The SMILES string of the molecule is CCCn1ccc(B2OC(C)(C)C(C)(C)O2)c1. The second-order valence-electron chi connectivity index (χ2n) is 5.77. The van der Waals surface area contributed by atoms with E-state index in [1.807, 2.05) is 0 Å². The Hall–Kier alpha value is -0.735. The Labute approximate surface area is 104 Å². The molecule has 0 aliphatic carbocycles. The summed E-state index contributed by atoms with van der Waals surface area (Å²) in [6.07, 6.45) is 5.34. The minimum atomic E-state index is -0.259. The van der Waals surface area contributed by atoms with Gasteiger partial charge in [-0.1, -0.05) is 6.92 Å². The van der Waals surface area contributed by atoms with E-state index < -0.39 is 0 Å². The molecule has 4 heteroatoms. The molecule has 0 atom stereocenters. The van der Waals surface area contributed by atoms with Crippen LogP contribution in [0.15, 0.2) is 18.5 Å². The van der Waals surface area contributed by atoms with Crippen LogP contribution < -0.4 is 5.46 Å². The fourth-order valence-corrected chi connectivity index (χ4v) is 1.98. The molecule has 0 unspecified atom stereocenters. The summed E-state index contributed by atoms with van der Waals surface area (Å²) < 4.78 is 14.2. The van der Waals surface area contributed by atoms with Crippen molar-refractivity contribution in [2.24, 2.45) is 0 Å². The van der Waals surface area contributed by atoms with Crippen LogP contribution >= 0.6 is 0 Å². The summed E-state index contributed by atoms with van der Waals surface area (Å²) in [5.41, 5.74) is 0.590. The Morgan fingerprint density at radius 3 is 2.29 bits per heavy atom. The normalized spacial score (nSPS) is 22.1. The van der Waals surface area contributed by atoms with Crippen LogP contribution in [0.25, 0.3) is 0 Å². The summed E-state index contributed by atoms with van der Waals surface area (Å²) in [5, 5.41) is 0. The molecule has 2 heterocycles. The zero-order valence-corrected chi connectivity index (χ0v) is 11.5. The first-order valence-corrected chi connectivity index (χ1v) is 6.37. The molecule has 1 aliphatic rings. The minimum Gasteiger partial charge on any atom is -0.399 e. The Morgan fingerprint density at radius 2 is 1.76 bits per heavy atom. The van der Waals surface area contributed by atoms with E-state index in [1.54, 1.807) is 0 Å². The molecule has 1 aliphatic heterocycles. The van der Waals surface area contributed by atoms with Crippen molar-refractivity contribution in [3.8, 4) is 0 Å². The van der Waals surface area contributed by atoms with Gasteiger partial charge in [-0.3, -0.25) is 0 Å². The largest absolute Gasteiger partial charge is 0.496 e. The van der Waals surface area contributed by atoms with Crippen LogP contribution in [0.1, 0.15) is 41.0 Å². The zero-order chi connectivity index (χ0) is 12.7. The molecule has 17 heavy (non-hydrogen) atoms. The van der Waals surface area contributed by atoms with Crippen molar-refractivity contribution in [1.29, 1.82) is 0 Å². The third-order valence-electron chi connectivity index (χ3n) is 3.78.